The second-order valence-electron chi connectivity index (χ2n) is 6.21. The Hall–Kier alpha value is -2.45. The number of nitro groups is 1. The zero-order valence-corrected chi connectivity index (χ0v) is 14.3. The predicted molar refractivity (Wildman–Crippen MR) is 95.4 cm³/mol. The zero-order valence-electron chi connectivity index (χ0n) is 13.5. The van der Waals surface area contributed by atoms with Gasteiger partial charge in [-0.3, -0.25) is 10.1 Å². The molecule has 0 atom stereocenters. The minimum absolute atomic E-state index is 0.210. The van der Waals surface area contributed by atoms with Crippen molar-refractivity contribution in [1.82, 2.24) is 0 Å². The summed E-state index contributed by atoms with van der Waals surface area (Å²) in [5.41, 5.74) is 1.85. The summed E-state index contributed by atoms with van der Waals surface area (Å²) in [5.74, 6) is 0.591. The Bertz CT molecular complexity index is 889. The summed E-state index contributed by atoms with van der Waals surface area (Å²) in [6.45, 7) is 0. The van der Waals surface area contributed by atoms with Crippen molar-refractivity contribution in [3.8, 4) is 0 Å². The number of nitrogens with two attached hydrogens (primary N) is 1. The smallest absolute Gasteiger partial charge is 0.270 e. The molecule has 0 spiro atoms. The number of non-ortho nitro benzene ring substituents is 1. The average molecular weight is 361 g/mol. The number of primary sulfonamides is 1. The first-order valence-corrected chi connectivity index (χ1v) is 9.57. The number of sulfonamides is 1. The number of nitrogens with one attached hydrogen (secondary N) is 1. The van der Waals surface area contributed by atoms with Gasteiger partial charge in [0.25, 0.3) is 5.69 Å². The van der Waals surface area contributed by atoms with Gasteiger partial charge in [-0.25, -0.2) is 13.6 Å². The van der Waals surface area contributed by atoms with E-state index in [2.05, 4.69) is 5.32 Å². The monoisotopic (exact) mass is 361 g/mol. The molecule has 7 nitrogen and oxygen atoms in total. The van der Waals surface area contributed by atoms with Gasteiger partial charge in [-0.15, -0.1) is 0 Å². The van der Waals surface area contributed by atoms with Gasteiger partial charge in [0.15, 0.2) is 0 Å². The molecule has 0 heterocycles. The fourth-order valence-corrected chi connectivity index (χ4v) is 3.93. The van der Waals surface area contributed by atoms with Crippen LogP contribution in [0.25, 0.3) is 0 Å². The molecule has 3 N–H and O–H groups in total. The van der Waals surface area contributed by atoms with Crippen molar-refractivity contribution in [2.24, 2.45) is 5.14 Å². The standard InChI is InChI=1S/C17H19N3O4S/c18-25(23,24)17-11-15(20(21)22)9-10-16(17)19-14-7-5-13(6-8-14)12-3-1-2-4-12/h5-12,19H,1-4H2,(H2,18,23,24). The lowest BCUT2D eigenvalue weighted by Crippen LogP contribution is -2.14. The van der Waals surface area contributed by atoms with E-state index in [0.29, 0.717) is 11.6 Å². The molecule has 0 radical (unpaired) electrons. The Morgan fingerprint density at radius 2 is 1.72 bits per heavy atom. The van der Waals surface area contributed by atoms with E-state index < -0.39 is 14.9 Å². The number of hydrogen-bond acceptors (Lipinski definition) is 5. The van der Waals surface area contributed by atoms with Crippen molar-refractivity contribution in [2.45, 2.75) is 36.5 Å². The first kappa shape index (κ1) is 17.4. The molecule has 0 saturated heterocycles. The van der Waals surface area contributed by atoms with E-state index >= 15 is 0 Å². The van der Waals surface area contributed by atoms with E-state index in [4.69, 9.17) is 5.14 Å². The minimum atomic E-state index is -4.10. The van der Waals surface area contributed by atoms with E-state index in [1.54, 1.807) is 0 Å². The second-order valence-corrected chi connectivity index (χ2v) is 7.74. The molecular formula is C17H19N3O4S. The quantitative estimate of drug-likeness (QED) is 0.623. The Balaban J connectivity index is 1.88. The van der Waals surface area contributed by atoms with Crippen molar-refractivity contribution in [2.75, 3.05) is 5.32 Å². The van der Waals surface area contributed by atoms with Crippen LogP contribution < -0.4 is 10.5 Å². The van der Waals surface area contributed by atoms with Crippen LogP contribution in [-0.4, -0.2) is 13.3 Å². The molecular weight excluding hydrogens is 342 g/mol. The van der Waals surface area contributed by atoms with E-state index in [0.717, 1.165) is 6.07 Å². The summed E-state index contributed by atoms with van der Waals surface area (Å²) in [6, 6.07) is 11.4. The highest BCUT2D eigenvalue weighted by atomic mass is 32.2. The fraction of sp³-hybridized carbons (Fsp3) is 0.294. The van der Waals surface area contributed by atoms with Crippen LogP contribution in [-0.2, 0) is 10.0 Å². The van der Waals surface area contributed by atoms with Gasteiger partial charge in [-0.05, 0) is 42.5 Å². The number of benzene rings is 2. The number of anilines is 2. The lowest BCUT2D eigenvalue weighted by atomic mass is 9.97. The third-order valence-corrected chi connectivity index (χ3v) is 5.45. The van der Waals surface area contributed by atoms with Crippen LogP contribution >= 0.6 is 0 Å². The van der Waals surface area contributed by atoms with Crippen LogP contribution in [0.2, 0.25) is 0 Å². The summed E-state index contributed by atoms with van der Waals surface area (Å²) in [4.78, 5) is 9.90. The highest BCUT2D eigenvalue weighted by Gasteiger charge is 2.20. The molecule has 0 aromatic heterocycles. The second kappa shape index (κ2) is 6.81. The molecule has 1 aliphatic carbocycles. The first-order valence-electron chi connectivity index (χ1n) is 8.03. The van der Waals surface area contributed by atoms with E-state index in [-0.39, 0.29) is 16.3 Å². The number of nitro benzene ring substituents is 1. The fourth-order valence-electron chi connectivity index (χ4n) is 3.22. The molecule has 0 unspecified atom stereocenters. The molecule has 2 aromatic carbocycles. The maximum atomic E-state index is 11.8. The van der Waals surface area contributed by atoms with Gasteiger partial charge >= 0.3 is 0 Å². The van der Waals surface area contributed by atoms with Crippen LogP contribution in [0.3, 0.4) is 0 Å². The van der Waals surface area contributed by atoms with Gasteiger partial charge in [0.2, 0.25) is 10.0 Å². The van der Waals surface area contributed by atoms with Crippen LogP contribution in [0.4, 0.5) is 17.1 Å². The van der Waals surface area contributed by atoms with Crippen LogP contribution in [0.1, 0.15) is 37.2 Å². The summed E-state index contributed by atoms with van der Waals surface area (Å²) < 4.78 is 23.5. The maximum absolute atomic E-state index is 11.8. The molecule has 0 aliphatic heterocycles. The molecule has 8 heteroatoms. The number of nitrogens with zero attached hydrogens (tertiary/aromatic N) is 1. The van der Waals surface area contributed by atoms with Crippen molar-refractivity contribution in [3.63, 3.8) is 0 Å². The molecule has 0 bridgehead atoms. The third kappa shape index (κ3) is 3.97. The minimum Gasteiger partial charge on any atom is -0.354 e. The van der Waals surface area contributed by atoms with Crippen LogP contribution in [0.15, 0.2) is 47.4 Å². The average Bonchev–Trinajstić information content (AvgIpc) is 3.09. The molecule has 1 fully saturated rings. The highest BCUT2D eigenvalue weighted by molar-refractivity contribution is 7.89. The van der Waals surface area contributed by atoms with Crippen molar-refractivity contribution >= 4 is 27.1 Å². The van der Waals surface area contributed by atoms with Crippen LogP contribution in [0.5, 0.6) is 0 Å². The lowest BCUT2D eigenvalue weighted by molar-refractivity contribution is -0.385. The van der Waals surface area contributed by atoms with Crippen LogP contribution in [0, 0.1) is 10.1 Å². The Morgan fingerprint density at radius 1 is 1.08 bits per heavy atom. The van der Waals surface area contributed by atoms with Gasteiger partial charge in [0.05, 0.1) is 10.6 Å². The molecule has 25 heavy (non-hydrogen) atoms. The predicted octanol–water partition coefficient (Wildman–Crippen LogP) is 3.64. The summed E-state index contributed by atoms with van der Waals surface area (Å²) in [6.07, 6.45) is 4.91. The Kier molecular flexibility index (Phi) is 4.73. The topological polar surface area (TPSA) is 115 Å². The third-order valence-electron chi connectivity index (χ3n) is 4.50. The van der Waals surface area contributed by atoms with Gasteiger partial charge in [-0.1, -0.05) is 25.0 Å². The largest absolute Gasteiger partial charge is 0.354 e. The maximum Gasteiger partial charge on any atom is 0.270 e. The van der Waals surface area contributed by atoms with Gasteiger partial charge in [0, 0.05) is 17.8 Å². The summed E-state index contributed by atoms with van der Waals surface area (Å²) in [5, 5.41) is 19.0. The highest BCUT2D eigenvalue weighted by Crippen LogP contribution is 2.35. The molecule has 2 aromatic rings. The number of hydrogen-bond donors (Lipinski definition) is 2. The summed E-state index contributed by atoms with van der Waals surface area (Å²) >= 11 is 0. The molecule has 1 aliphatic rings. The molecule has 1 saturated carbocycles. The van der Waals surface area contributed by atoms with Gasteiger partial charge < -0.3 is 5.32 Å². The van der Waals surface area contributed by atoms with E-state index in [1.807, 2.05) is 24.3 Å². The van der Waals surface area contributed by atoms with Gasteiger partial charge in [0.1, 0.15) is 4.90 Å². The molecule has 3 rings (SSSR count). The normalized spacial score (nSPS) is 15.2. The first-order chi connectivity index (χ1) is 11.8. The Morgan fingerprint density at radius 3 is 2.28 bits per heavy atom. The summed E-state index contributed by atoms with van der Waals surface area (Å²) in [7, 11) is -4.10. The van der Waals surface area contributed by atoms with Crippen molar-refractivity contribution < 1.29 is 13.3 Å². The molecule has 132 valence electrons. The van der Waals surface area contributed by atoms with Crippen molar-refractivity contribution in [1.29, 1.82) is 0 Å². The SMILES string of the molecule is NS(=O)(=O)c1cc([N+](=O)[O-])ccc1Nc1ccc(C2CCCC2)cc1. The van der Waals surface area contributed by atoms with Gasteiger partial charge in [-0.2, -0.15) is 0 Å². The van der Waals surface area contributed by atoms with E-state index in [1.165, 1.54) is 43.4 Å². The lowest BCUT2D eigenvalue weighted by Gasteiger charge is -2.13. The van der Waals surface area contributed by atoms with Crippen molar-refractivity contribution in [3.05, 3.63) is 58.1 Å². The molecule has 0 amide bonds. The number of rotatable bonds is 5. The zero-order chi connectivity index (χ0) is 18.0. The van der Waals surface area contributed by atoms with E-state index in [9.17, 15) is 18.5 Å². The Labute approximate surface area is 146 Å².